The first kappa shape index (κ1) is 14.8. The van der Waals surface area contributed by atoms with Crippen molar-refractivity contribution in [2.24, 2.45) is 0 Å². The van der Waals surface area contributed by atoms with Crippen LogP contribution in [0.1, 0.15) is 31.9 Å². The number of benzene rings is 1. The summed E-state index contributed by atoms with van der Waals surface area (Å²) in [5.41, 5.74) is 0.805. The molecule has 4 heteroatoms. The Bertz CT molecular complexity index is 422. The maximum absolute atomic E-state index is 10.2. The monoisotopic (exact) mass is 283 g/mol. The molecule has 1 fully saturated rings. The highest BCUT2D eigenvalue weighted by atomic mass is 35.5. The van der Waals surface area contributed by atoms with Gasteiger partial charge in [0.1, 0.15) is 0 Å². The summed E-state index contributed by atoms with van der Waals surface area (Å²) in [6.45, 7) is 7.70. The maximum Gasteiger partial charge on any atom is 0.0802 e. The van der Waals surface area contributed by atoms with Crippen LogP contribution in [0.3, 0.4) is 0 Å². The molecule has 1 saturated heterocycles. The summed E-state index contributed by atoms with van der Waals surface area (Å²) in [6, 6.07) is 7.44. The lowest BCUT2D eigenvalue weighted by Gasteiger charge is -2.38. The Morgan fingerprint density at radius 2 is 2.26 bits per heavy atom. The maximum atomic E-state index is 10.2. The van der Waals surface area contributed by atoms with Crippen molar-refractivity contribution in [1.82, 2.24) is 4.90 Å². The van der Waals surface area contributed by atoms with Gasteiger partial charge in [-0.2, -0.15) is 0 Å². The Morgan fingerprint density at radius 3 is 2.95 bits per heavy atom. The van der Waals surface area contributed by atoms with Gasteiger partial charge in [-0.15, -0.1) is 0 Å². The van der Waals surface area contributed by atoms with Crippen LogP contribution in [0.4, 0.5) is 0 Å². The molecular weight excluding hydrogens is 262 g/mol. The van der Waals surface area contributed by atoms with E-state index in [1.807, 2.05) is 24.3 Å². The Hall–Kier alpha value is -0.610. The molecule has 1 unspecified atom stereocenters. The Balaban J connectivity index is 1.85. The van der Waals surface area contributed by atoms with Crippen molar-refractivity contribution >= 4 is 11.6 Å². The van der Waals surface area contributed by atoms with Crippen molar-refractivity contribution in [1.29, 1.82) is 0 Å². The minimum atomic E-state index is -0.454. The average molecular weight is 284 g/mol. The standard InChI is InChI=1S/C15H22ClNO2/c1-15(2)11-17(8-9-19-15)7-6-14(18)12-4-3-5-13(16)10-12/h3-5,10,14,18H,6-9,11H2,1-2H3. The second-order valence-electron chi connectivity index (χ2n) is 5.74. The second kappa shape index (κ2) is 6.23. The van der Waals surface area contributed by atoms with Crippen LogP contribution in [0, 0.1) is 0 Å². The smallest absolute Gasteiger partial charge is 0.0802 e. The predicted octanol–water partition coefficient (Wildman–Crippen LogP) is 2.87. The molecule has 19 heavy (non-hydrogen) atoms. The normalized spacial score (nSPS) is 21.3. The van der Waals surface area contributed by atoms with E-state index in [-0.39, 0.29) is 5.60 Å². The summed E-state index contributed by atoms with van der Waals surface area (Å²) in [7, 11) is 0. The highest BCUT2D eigenvalue weighted by Crippen LogP contribution is 2.22. The number of rotatable bonds is 4. The molecule has 0 amide bonds. The summed E-state index contributed by atoms with van der Waals surface area (Å²) in [5.74, 6) is 0. The van der Waals surface area contributed by atoms with Crippen molar-refractivity contribution in [3.8, 4) is 0 Å². The zero-order chi connectivity index (χ0) is 13.9. The molecule has 0 spiro atoms. The Kier molecular flexibility index (Phi) is 4.85. The largest absolute Gasteiger partial charge is 0.388 e. The predicted molar refractivity (Wildman–Crippen MR) is 77.5 cm³/mol. The number of aliphatic hydroxyl groups is 1. The van der Waals surface area contributed by atoms with Crippen LogP contribution >= 0.6 is 11.6 Å². The molecule has 0 aliphatic carbocycles. The van der Waals surface area contributed by atoms with Crippen LogP contribution in [0.5, 0.6) is 0 Å². The van der Waals surface area contributed by atoms with E-state index in [2.05, 4.69) is 18.7 Å². The average Bonchev–Trinajstić information content (AvgIpc) is 2.35. The number of nitrogens with zero attached hydrogens (tertiary/aromatic N) is 1. The van der Waals surface area contributed by atoms with Crippen LogP contribution < -0.4 is 0 Å². The molecular formula is C15H22ClNO2. The minimum absolute atomic E-state index is 0.0841. The molecule has 1 aliphatic heterocycles. The van der Waals surface area contributed by atoms with E-state index in [1.54, 1.807) is 0 Å². The van der Waals surface area contributed by atoms with Crippen molar-refractivity contribution < 1.29 is 9.84 Å². The molecule has 1 aliphatic rings. The van der Waals surface area contributed by atoms with Crippen LogP contribution in [-0.4, -0.2) is 41.8 Å². The van der Waals surface area contributed by atoms with E-state index in [4.69, 9.17) is 16.3 Å². The molecule has 0 aromatic heterocycles. The zero-order valence-electron chi connectivity index (χ0n) is 11.6. The fourth-order valence-electron chi connectivity index (χ4n) is 2.49. The SMILES string of the molecule is CC1(C)CN(CCC(O)c2cccc(Cl)c2)CCO1. The number of ether oxygens (including phenoxy) is 1. The van der Waals surface area contributed by atoms with E-state index in [9.17, 15) is 5.11 Å². The van der Waals surface area contributed by atoms with Gasteiger partial charge in [-0.25, -0.2) is 0 Å². The fourth-order valence-corrected chi connectivity index (χ4v) is 2.69. The molecule has 106 valence electrons. The topological polar surface area (TPSA) is 32.7 Å². The van der Waals surface area contributed by atoms with E-state index >= 15 is 0 Å². The molecule has 0 radical (unpaired) electrons. The first-order valence-corrected chi connectivity index (χ1v) is 7.14. The lowest BCUT2D eigenvalue weighted by atomic mass is 10.0. The third-order valence-corrected chi connectivity index (χ3v) is 3.69. The molecule has 0 bridgehead atoms. The van der Waals surface area contributed by atoms with Gasteiger partial charge in [0, 0.05) is 24.7 Å². The van der Waals surface area contributed by atoms with E-state index < -0.39 is 6.10 Å². The summed E-state index contributed by atoms with van der Waals surface area (Å²) >= 11 is 5.94. The minimum Gasteiger partial charge on any atom is -0.388 e. The van der Waals surface area contributed by atoms with Gasteiger partial charge in [0.25, 0.3) is 0 Å². The highest BCUT2D eigenvalue weighted by Gasteiger charge is 2.27. The van der Waals surface area contributed by atoms with Gasteiger partial charge in [0.15, 0.2) is 0 Å². The third-order valence-electron chi connectivity index (χ3n) is 3.46. The van der Waals surface area contributed by atoms with Gasteiger partial charge < -0.3 is 9.84 Å². The van der Waals surface area contributed by atoms with Crippen LogP contribution in [0.2, 0.25) is 5.02 Å². The van der Waals surface area contributed by atoms with Crippen LogP contribution in [0.25, 0.3) is 0 Å². The number of aliphatic hydroxyl groups excluding tert-OH is 1. The van der Waals surface area contributed by atoms with Gasteiger partial charge in [0.2, 0.25) is 0 Å². The Morgan fingerprint density at radius 1 is 1.47 bits per heavy atom. The first-order valence-electron chi connectivity index (χ1n) is 6.76. The van der Waals surface area contributed by atoms with Crippen molar-refractivity contribution in [3.05, 3.63) is 34.9 Å². The van der Waals surface area contributed by atoms with E-state index in [0.717, 1.165) is 38.2 Å². The molecule has 1 aromatic carbocycles. The van der Waals surface area contributed by atoms with Crippen molar-refractivity contribution in [3.63, 3.8) is 0 Å². The van der Waals surface area contributed by atoms with Crippen LogP contribution in [-0.2, 0) is 4.74 Å². The van der Waals surface area contributed by atoms with Gasteiger partial charge in [-0.3, -0.25) is 4.90 Å². The van der Waals surface area contributed by atoms with Crippen molar-refractivity contribution in [2.75, 3.05) is 26.2 Å². The Labute approximate surface area is 120 Å². The lowest BCUT2D eigenvalue weighted by molar-refractivity contribution is -0.0878. The first-order chi connectivity index (χ1) is 8.96. The van der Waals surface area contributed by atoms with Gasteiger partial charge in [0.05, 0.1) is 18.3 Å². The molecule has 1 aromatic rings. The highest BCUT2D eigenvalue weighted by molar-refractivity contribution is 6.30. The summed E-state index contributed by atoms with van der Waals surface area (Å²) in [4.78, 5) is 2.34. The molecule has 1 atom stereocenters. The molecule has 1 heterocycles. The summed E-state index contributed by atoms with van der Waals surface area (Å²) < 4.78 is 5.68. The lowest BCUT2D eigenvalue weighted by Crippen LogP contribution is -2.48. The zero-order valence-corrected chi connectivity index (χ0v) is 12.4. The van der Waals surface area contributed by atoms with E-state index in [0.29, 0.717) is 5.02 Å². The molecule has 2 rings (SSSR count). The van der Waals surface area contributed by atoms with Crippen molar-refractivity contribution in [2.45, 2.75) is 32.0 Å². The quantitative estimate of drug-likeness (QED) is 0.922. The number of hydrogen-bond donors (Lipinski definition) is 1. The summed E-state index contributed by atoms with van der Waals surface area (Å²) in [6.07, 6.45) is 0.265. The number of halogens is 1. The van der Waals surface area contributed by atoms with Crippen LogP contribution in [0.15, 0.2) is 24.3 Å². The third kappa shape index (κ3) is 4.46. The van der Waals surface area contributed by atoms with Gasteiger partial charge in [-0.05, 0) is 38.0 Å². The molecule has 3 nitrogen and oxygen atoms in total. The molecule has 0 saturated carbocycles. The number of hydrogen-bond acceptors (Lipinski definition) is 3. The second-order valence-corrected chi connectivity index (χ2v) is 6.18. The van der Waals surface area contributed by atoms with Gasteiger partial charge >= 0.3 is 0 Å². The van der Waals surface area contributed by atoms with Gasteiger partial charge in [-0.1, -0.05) is 23.7 Å². The number of morpholine rings is 1. The van der Waals surface area contributed by atoms with E-state index in [1.165, 1.54) is 0 Å². The fraction of sp³-hybridized carbons (Fsp3) is 0.600. The molecule has 1 N–H and O–H groups in total. The summed E-state index contributed by atoms with van der Waals surface area (Å²) in [5, 5.41) is 10.9.